The van der Waals surface area contributed by atoms with Gasteiger partial charge in [0.05, 0.1) is 6.54 Å². The van der Waals surface area contributed by atoms with Gasteiger partial charge in [0.15, 0.2) is 0 Å². The molecule has 0 unspecified atom stereocenters. The number of carbonyl (C=O) groups excluding carboxylic acids is 1. The number of nitrogens with one attached hydrogen (secondary N) is 3. The molecule has 3 N–H and O–H groups in total. The molecular formula is C19H23FN6O. The molecule has 0 aliphatic carbocycles. The van der Waals surface area contributed by atoms with Crippen molar-refractivity contribution >= 4 is 28.2 Å². The Morgan fingerprint density at radius 3 is 2.85 bits per heavy atom. The van der Waals surface area contributed by atoms with Crippen LogP contribution in [0.1, 0.15) is 18.4 Å². The molecule has 8 heteroatoms. The number of aromatic nitrogens is 1. The molecule has 1 aliphatic heterocycles. The summed E-state index contributed by atoms with van der Waals surface area (Å²) in [6, 6.07) is 7.47. The molecule has 142 valence electrons. The van der Waals surface area contributed by atoms with Crippen LogP contribution in [0.5, 0.6) is 0 Å². The van der Waals surface area contributed by atoms with Crippen molar-refractivity contribution < 1.29 is 9.18 Å². The zero-order chi connectivity index (χ0) is 19.2. The Morgan fingerprint density at radius 2 is 2.15 bits per heavy atom. The van der Waals surface area contributed by atoms with Gasteiger partial charge in [0, 0.05) is 43.5 Å². The van der Waals surface area contributed by atoms with Gasteiger partial charge in [0.25, 0.3) is 0 Å². The molecule has 1 aromatic carbocycles. The van der Waals surface area contributed by atoms with E-state index in [1.54, 1.807) is 25.5 Å². The minimum Gasteiger partial charge on any atom is -0.392 e. The summed E-state index contributed by atoms with van der Waals surface area (Å²) >= 11 is 0. The van der Waals surface area contributed by atoms with E-state index in [0.29, 0.717) is 37.4 Å². The number of rotatable bonds is 6. The number of halogens is 1. The molecule has 0 atom stereocenters. The summed E-state index contributed by atoms with van der Waals surface area (Å²) in [5, 5.41) is 11.0. The molecule has 2 aromatic rings. The topological polar surface area (TPSA) is 93.5 Å². The smallest absolute Gasteiger partial charge is 0.239 e. The minimum absolute atomic E-state index is 0.160. The Balaban J connectivity index is 1.72. The predicted octanol–water partition coefficient (Wildman–Crippen LogP) is 3.16. The van der Waals surface area contributed by atoms with Gasteiger partial charge >= 0.3 is 0 Å². The van der Waals surface area contributed by atoms with Crippen LogP contribution in [0.4, 0.5) is 10.2 Å². The van der Waals surface area contributed by atoms with Crippen LogP contribution in [-0.2, 0) is 4.79 Å². The number of nitrogens with zero attached hydrogens (tertiary/aromatic N) is 3. The van der Waals surface area contributed by atoms with Gasteiger partial charge < -0.3 is 10.6 Å². The van der Waals surface area contributed by atoms with Crippen molar-refractivity contribution in [2.75, 3.05) is 32.0 Å². The lowest BCUT2D eigenvalue weighted by molar-refractivity contribution is -0.117. The fraction of sp³-hybridized carbons (Fsp3) is 0.368. The first kappa shape index (κ1) is 18.9. The van der Waals surface area contributed by atoms with Gasteiger partial charge in [-0.3, -0.25) is 9.69 Å². The molecule has 3 rings (SSSR count). The number of benzene rings is 1. The SMILES string of the molecule is CN/C=C(\N=N)c1ccc2cnc(NC(=O)CN3CCC(F)CC3)cc2c1. The monoisotopic (exact) mass is 370 g/mol. The van der Waals surface area contributed by atoms with Crippen LogP contribution >= 0.6 is 0 Å². The molecule has 1 saturated heterocycles. The van der Waals surface area contributed by atoms with Crippen LogP contribution in [0.2, 0.25) is 0 Å². The van der Waals surface area contributed by atoms with Crippen molar-refractivity contribution in [1.82, 2.24) is 15.2 Å². The van der Waals surface area contributed by atoms with E-state index in [4.69, 9.17) is 5.53 Å². The fourth-order valence-electron chi connectivity index (χ4n) is 3.13. The molecule has 0 saturated carbocycles. The third kappa shape index (κ3) is 4.85. The van der Waals surface area contributed by atoms with Gasteiger partial charge in [-0.2, -0.15) is 5.11 Å². The maximum Gasteiger partial charge on any atom is 0.239 e. The van der Waals surface area contributed by atoms with E-state index in [1.165, 1.54) is 0 Å². The quantitative estimate of drug-likeness (QED) is 0.681. The number of amides is 1. The van der Waals surface area contributed by atoms with Crippen LogP contribution in [0.3, 0.4) is 0 Å². The van der Waals surface area contributed by atoms with E-state index in [9.17, 15) is 9.18 Å². The van der Waals surface area contributed by atoms with Crippen LogP contribution in [0.25, 0.3) is 16.5 Å². The van der Waals surface area contributed by atoms with E-state index in [-0.39, 0.29) is 12.5 Å². The van der Waals surface area contributed by atoms with Crippen molar-refractivity contribution in [2.24, 2.45) is 5.11 Å². The molecular weight excluding hydrogens is 347 g/mol. The average molecular weight is 370 g/mol. The van der Waals surface area contributed by atoms with Crippen molar-refractivity contribution in [3.8, 4) is 0 Å². The Kier molecular flexibility index (Phi) is 6.08. The van der Waals surface area contributed by atoms with Gasteiger partial charge in [-0.15, -0.1) is 0 Å². The number of carbonyl (C=O) groups is 1. The lowest BCUT2D eigenvalue weighted by atomic mass is 10.1. The molecule has 27 heavy (non-hydrogen) atoms. The number of pyridine rings is 1. The second kappa shape index (κ2) is 8.68. The zero-order valence-electron chi connectivity index (χ0n) is 15.2. The van der Waals surface area contributed by atoms with Gasteiger partial charge in [0.2, 0.25) is 5.91 Å². The maximum absolute atomic E-state index is 13.2. The normalized spacial score (nSPS) is 16.3. The number of hydrogen-bond donors (Lipinski definition) is 3. The molecule has 1 aromatic heterocycles. The van der Waals surface area contributed by atoms with Gasteiger partial charge in [-0.05, 0) is 30.4 Å². The summed E-state index contributed by atoms with van der Waals surface area (Å²) in [4.78, 5) is 18.5. The van der Waals surface area contributed by atoms with Crippen molar-refractivity contribution in [2.45, 2.75) is 19.0 Å². The molecule has 1 amide bonds. The van der Waals surface area contributed by atoms with E-state index >= 15 is 0 Å². The number of anilines is 1. The first-order chi connectivity index (χ1) is 13.1. The first-order valence-corrected chi connectivity index (χ1v) is 8.90. The summed E-state index contributed by atoms with van der Waals surface area (Å²) < 4.78 is 13.2. The van der Waals surface area contributed by atoms with Gasteiger partial charge in [0.1, 0.15) is 17.7 Å². The lowest BCUT2D eigenvalue weighted by Crippen LogP contribution is -2.39. The highest BCUT2D eigenvalue weighted by molar-refractivity contribution is 5.94. The summed E-state index contributed by atoms with van der Waals surface area (Å²) in [6.45, 7) is 1.43. The molecule has 1 aliphatic rings. The summed E-state index contributed by atoms with van der Waals surface area (Å²) in [5.74, 6) is 0.305. The third-order valence-corrected chi connectivity index (χ3v) is 4.57. The summed E-state index contributed by atoms with van der Waals surface area (Å²) in [5.41, 5.74) is 8.61. The summed E-state index contributed by atoms with van der Waals surface area (Å²) in [7, 11) is 1.75. The fourth-order valence-corrected chi connectivity index (χ4v) is 3.13. The third-order valence-electron chi connectivity index (χ3n) is 4.57. The number of likely N-dealkylation sites (tertiary alicyclic amines) is 1. The Hall–Kier alpha value is -2.87. The van der Waals surface area contributed by atoms with Crippen LogP contribution in [0.15, 0.2) is 41.8 Å². The summed E-state index contributed by atoms with van der Waals surface area (Å²) in [6.07, 6.45) is 3.56. The van der Waals surface area contributed by atoms with Crippen LogP contribution < -0.4 is 10.6 Å². The molecule has 0 spiro atoms. The van der Waals surface area contributed by atoms with Crippen LogP contribution in [-0.4, -0.2) is 48.6 Å². The van der Waals surface area contributed by atoms with E-state index < -0.39 is 6.17 Å². The van der Waals surface area contributed by atoms with Crippen molar-refractivity contribution in [1.29, 1.82) is 5.53 Å². The Morgan fingerprint density at radius 1 is 1.37 bits per heavy atom. The zero-order valence-corrected chi connectivity index (χ0v) is 15.2. The number of alkyl halides is 1. The van der Waals surface area contributed by atoms with Crippen molar-refractivity contribution in [3.05, 3.63) is 42.2 Å². The van der Waals surface area contributed by atoms with E-state index in [0.717, 1.165) is 16.3 Å². The van der Waals surface area contributed by atoms with Gasteiger partial charge in [-0.25, -0.2) is 14.9 Å². The molecule has 1 fully saturated rings. The Bertz CT molecular complexity index is 860. The van der Waals surface area contributed by atoms with Crippen LogP contribution in [0, 0.1) is 5.53 Å². The number of piperidine rings is 1. The molecule has 7 nitrogen and oxygen atoms in total. The largest absolute Gasteiger partial charge is 0.392 e. The number of hydrogen-bond acceptors (Lipinski definition) is 6. The highest BCUT2D eigenvalue weighted by Gasteiger charge is 2.20. The molecule has 2 heterocycles. The molecule has 0 bridgehead atoms. The lowest BCUT2D eigenvalue weighted by Gasteiger charge is -2.27. The molecule has 0 radical (unpaired) electrons. The average Bonchev–Trinajstić information content (AvgIpc) is 2.67. The highest BCUT2D eigenvalue weighted by atomic mass is 19.1. The first-order valence-electron chi connectivity index (χ1n) is 8.90. The second-order valence-corrected chi connectivity index (χ2v) is 6.56. The second-order valence-electron chi connectivity index (χ2n) is 6.56. The standard InChI is InChI=1S/C19H23FN6O/c1-22-11-17(25-21)13-2-3-14-10-23-18(9-15(14)8-13)24-19(27)12-26-6-4-16(20)5-7-26/h2-3,8-11,16,21-22H,4-7,12H2,1H3,(H,23,24,27)/b17-11-,25-21?. The van der Waals surface area contributed by atoms with E-state index in [1.807, 2.05) is 23.1 Å². The Labute approximate surface area is 157 Å². The van der Waals surface area contributed by atoms with Crippen molar-refractivity contribution in [3.63, 3.8) is 0 Å². The highest BCUT2D eigenvalue weighted by Crippen LogP contribution is 2.23. The van der Waals surface area contributed by atoms with Gasteiger partial charge in [-0.1, -0.05) is 12.1 Å². The number of fused-ring (bicyclic) bond motifs is 1. The van der Waals surface area contributed by atoms with E-state index in [2.05, 4.69) is 20.7 Å². The minimum atomic E-state index is -0.752. The maximum atomic E-state index is 13.2. The predicted molar refractivity (Wildman–Crippen MR) is 103 cm³/mol.